The van der Waals surface area contributed by atoms with E-state index in [0.29, 0.717) is 29.4 Å². The summed E-state index contributed by atoms with van der Waals surface area (Å²) in [5.41, 5.74) is 2.92. The van der Waals surface area contributed by atoms with Gasteiger partial charge < -0.3 is 9.88 Å². The molecule has 1 amide bonds. The van der Waals surface area contributed by atoms with Gasteiger partial charge in [0, 0.05) is 17.5 Å². The van der Waals surface area contributed by atoms with Crippen LogP contribution in [0.25, 0.3) is 0 Å². The first kappa shape index (κ1) is 20.9. The molecule has 0 unspecified atom stereocenters. The van der Waals surface area contributed by atoms with Crippen LogP contribution in [0.3, 0.4) is 0 Å². The molecule has 1 aromatic heterocycles. The van der Waals surface area contributed by atoms with E-state index in [1.54, 1.807) is 17.0 Å². The Morgan fingerprint density at radius 3 is 2.45 bits per heavy atom. The van der Waals surface area contributed by atoms with Crippen molar-refractivity contribution in [2.24, 2.45) is 0 Å². The minimum absolute atomic E-state index is 0.194. The molecule has 4 nitrogen and oxygen atoms in total. The van der Waals surface area contributed by atoms with Crippen LogP contribution in [0.4, 0.5) is 5.69 Å². The zero-order chi connectivity index (χ0) is 20.8. The summed E-state index contributed by atoms with van der Waals surface area (Å²) in [7, 11) is 0. The first-order valence-electron chi connectivity index (χ1n) is 9.84. The number of nitrogens with zero attached hydrogens (tertiary/aromatic N) is 1. The van der Waals surface area contributed by atoms with Crippen LogP contribution < -0.4 is 10.3 Å². The second kappa shape index (κ2) is 9.57. The number of halogens is 1. The smallest absolute Gasteiger partial charge is 0.264 e. The Balaban J connectivity index is 2.10. The monoisotopic (exact) mass is 408 g/mol. The van der Waals surface area contributed by atoms with Crippen LogP contribution in [-0.4, -0.2) is 10.9 Å². The second-order valence-electron chi connectivity index (χ2n) is 7.10. The van der Waals surface area contributed by atoms with E-state index in [9.17, 15) is 9.59 Å². The average Bonchev–Trinajstić information content (AvgIpc) is 2.71. The van der Waals surface area contributed by atoms with E-state index in [1.807, 2.05) is 49.4 Å². The molecule has 0 bridgehead atoms. The van der Waals surface area contributed by atoms with Gasteiger partial charge in [0.25, 0.3) is 5.91 Å². The van der Waals surface area contributed by atoms with Gasteiger partial charge >= 0.3 is 0 Å². The number of anilines is 1. The Bertz CT molecular complexity index is 1040. The lowest BCUT2D eigenvalue weighted by molar-refractivity contribution is 0.0982. The van der Waals surface area contributed by atoms with Gasteiger partial charge in [-0.05, 0) is 37.5 Å². The molecule has 3 aromatic rings. The van der Waals surface area contributed by atoms with Crippen molar-refractivity contribution in [3.8, 4) is 0 Å². The molecule has 2 aromatic carbocycles. The molecule has 0 aliphatic rings. The van der Waals surface area contributed by atoms with Crippen LogP contribution in [0.15, 0.2) is 65.5 Å². The number of H-pyrrole nitrogens is 1. The Morgan fingerprint density at radius 2 is 1.76 bits per heavy atom. The van der Waals surface area contributed by atoms with Crippen molar-refractivity contribution in [1.29, 1.82) is 0 Å². The molecule has 0 fully saturated rings. The molecule has 0 aliphatic carbocycles. The Morgan fingerprint density at radius 1 is 1.07 bits per heavy atom. The highest BCUT2D eigenvalue weighted by Gasteiger charge is 2.25. The summed E-state index contributed by atoms with van der Waals surface area (Å²) >= 11 is 6.43. The maximum Gasteiger partial charge on any atom is 0.264 e. The van der Waals surface area contributed by atoms with Gasteiger partial charge in [-0.3, -0.25) is 9.59 Å². The highest BCUT2D eigenvalue weighted by atomic mass is 35.5. The minimum Gasteiger partial charge on any atom is -0.362 e. The number of aromatic nitrogens is 1. The van der Waals surface area contributed by atoms with Crippen LogP contribution in [0.1, 0.15) is 47.1 Å². The normalized spacial score (nSPS) is 10.7. The summed E-state index contributed by atoms with van der Waals surface area (Å²) in [4.78, 5) is 31.3. The van der Waals surface area contributed by atoms with E-state index in [-0.39, 0.29) is 16.9 Å². The van der Waals surface area contributed by atoms with Crippen LogP contribution >= 0.6 is 11.6 Å². The zero-order valence-corrected chi connectivity index (χ0v) is 17.5. The van der Waals surface area contributed by atoms with Gasteiger partial charge in [-0.1, -0.05) is 67.4 Å². The number of pyridine rings is 1. The number of carbonyl (C=O) groups excluding carboxylic acids is 1. The number of nitrogens with one attached hydrogen (secondary N) is 1. The number of carbonyl (C=O) groups is 1. The molecule has 150 valence electrons. The van der Waals surface area contributed by atoms with E-state index in [2.05, 4.69) is 11.9 Å². The van der Waals surface area contributed by atoms with Gasteiger partial charge in [0.2, 0.25) is 0 Å². The fraction of sp³-hybridized carbons (Fsp3) is 0.250. The summed E-state index contributed by atoms with van der Waals surface area (Å²) in [6.07, 6.45) is 2.52. The highest BCUT2D eigenvalue weighted by Crippen LogP contribution is 2.28. The lowest BCUT2D eigenvalue weighted by Gasteiger charge is -2.25. The van der Waals surface area contributed by atoms with E-state index < -0.39 is 0 Å². The number of hydrogen-bond donors (Lipinski definition) is 1. The fourth-order valence-corrected chi connectivity index (χ4v) is 3.61. The Kier molecular flexibility index (Phi) is 6.89. The van der Waals surface area contributed by atoms with E-state index in [0.717, 1.165) is 24.1 Å². The SMILES string of the molecule is CCCCc1[nH]c(C)cc(=O)c1C(=O)N(Cc1ccccc1)c1ccccc1Cl. The minimum atomic E-state index is -0.339. The molecule has 0 saturated heterocycles. The maximum atomic E-state index is 13.7. The first-order chi connectivity index (χ1) is 14.0. The number of para-hydroxylation sites is 1. The second-order valence-corrected chi connectivity index (χ2v) is 7.51. The molecule has 3 rings (SSSR count). The quantitative estimate of drug-likeness (QED) is 0.559. The van der Waals surface area contributed by atoms with Gasteiger partial charge in [-0.2, -0.15) is 0 Å². The molecule has 0 atom stereocenters. The van der Waals surface area contributed by atoms with E-state index in [1.165, 1.54) is 6.07 Å². The summed E-state index contributed by atoms with van der Waals surface area (Å²) in [6.45, 7) is 4.24. The van der Waals surface area contributed by atoms with Crippen LogP contribution in [0, 0.1) is 6.92 Å². The van der Waals surface area contributed by atoms with Gasteiger partial charge in [-0.25, -0.2) is 0 Å². The summed E-state index contributed by atoms with van der Waals surface area (Å²) in [6, 6.07) is 18.4. The number of hydrogen-bond acceptors (Lipinski definition) is 2. The number of benzene rings is 2. The molecule has 29 heavy (non-hydrogen) atoms. The molecule has 5 heteroatoms. The van der Waals surface area contributed by atoms with E-state index in [4.69, 9.17) is 11.6 Å². The van der Waals surface area contributed by atoms with Crippen LogP contribution in [0.5, 0.6) is 0 Å². The van der Waals surface area contributed by atoms with Crippen molar-refractivity contribution < 1.29 is 4.79 Å². The van der Waals surface area contributed by atoms with Crippen molar-refractivity contribution in [1.82, 2.24) is 4.98 Å². The fourth-order valence-electron chi connectivity index (χ4n) is 3.37. The lowest BCUT2D eigenvalue weighted by atomic mass is 10.0. The predicted octanol–water partition coefficient (Wildman–Crippen LogP) is 5.53. The van der Waals surface area contributed by atoms with Crippen molar-refractivity contribution in [2.75, 3.05) is 4.90 Å². The largest absolute Gasteiger partial charge is 0.362 e. The predicted molar refractivity (Wildman–Crippen MR) is 119 cm³/mol. The van der Waals surface area contributed by atoms with Crippen LogP contribution in [-0.2, 0) is 13.0 Å². The van der Waals surface area contributed by atoms with Crippen LogP contribution in [0.2, 0.25) is 5.02 Å². The van der Waals surface area contributed by atoms with Crippen molar-refractivity contribution >= 4 is 23.2 Å². The first-order valence-corrected chi connectivity index (χ1v) is 10.2. The highest BCUT2D eigenvalue weighted by molar-refractivity contribution is 6.34. The summed E-state index contributed by atoms with van der Waals surface area (Å²) in [5, 5.41) is 0.468. The van der Waals surface area contributed by atoms with Crippen molar-refractivity contribution in [3.05, 3.63) is 98.4 Å². The molecular weight excluding hydrogens is 384 g/mol. The molecule has 1 N–H and O–H groups in total. The number of amides is 1. The Hall–Kier alpha value is -2.85. The third-order valence-electron chi connectivity index (χ3n) is 4.81. The van der Waals surface area contributed by atoms with Crippen molar-refractivity contribution in [2.45, 2.75) is 39.7 Å². The third-order valence-corrected chi connectivity index (χ3v) is 5.13. The number of unbranched alkanes of at least 4 members (excludes halogenated alkanes) is 1. The van der Waals surface area contributed by atoms with Gasteiger partial charge in [0.1, 0.15) is 5.56 Å². The molecule has 0 aliphatic heterocycles. The molecular formula is C24H25ClN2O2. The standard InChI is InChI=1S/C24H25ClN2O2/c1-3-4-13-20-23(22(28)15-17(2)26-20)24(29)27(16-18-10-6-5-7-11-18)21-14-9-8-12-19(21)25/h5-12,14-15H,3-4,13,16H2,1-2H3,(H,26,28). The average molecular weight is 409 g/mol. The third kappa shape index (κ3) is 4.96. The van der Waals surface area contributed by atoms with Gasteiger partial charge in [0.05, 0.1) is 17.3 Å². The lowest BCUT2D eigenvalue weighted by Crippen LogP contribution is -2.35. The number of rotatable bonds is 7. The summed E-state index contributed by atoms with van der Waals surface area (Å²) < 4.78 is 0. The molecule has 0 radical (unpaired) electrons. The number of aromatic amines is 1. The maximum absolute atomic E-state index is 13.7. The molecule has 0 saturated carbocycles. The Labute approximate surface area is 176 Å². The zero-order valence-electron chi connectivity index (χ0n) is 16.7. The number of aryl methyl sites for hydroxylation is 2. The molecule has 1 heterocycles. The topological polar surface area (TPSA) is 53.2 Å². The molecule has 0 spiro atoms. The van der Waals surface area contributed by atoms with Gasteiger partial charge in [0.15, 0.2) is 5.43 Å². The van der Waals surface area contributed by atoms with Gasteiger partial charge in [-0.15, -0.1) is 0 Å². The van der Waals surface area contributed by atoms with Crippen molar-refractivity contribution in [3.63, 3.8) is 0 Å². The summed E-state index contributed by atoms with van der Waals surface area (Å²) in [5.74, 6) is -0.339. The van der Waals surface area contributed by atoms with E-state index >= 15 is 0 Å².